The lowest BCUT2D eigenvalue weighted by Gasteiger charge is -2.24. The Hall–Kier alpha value is -4.62. The van der Waals surface area contributed by atoms with Gasteiger partial charge < -0.3 is 4.57 Å². The molecular formula is C37H29N. The molecule has 38 heavy (non-hydrogen) atoms. The van der Waals surface area contributed by atoms with E-state index < -0.39 is 0 Å². The molecule has 1 heteroatoms. The van der Waals surface area contributed by atoms with Crippen molar-refractivity contribution in [1.82, 2.24) is 4.57 Å². The molecule has 0 amide bonds. The lowest BCUT2D eigenvalue weighted by atomic mass is 9.86. The first kappa shape index (κ1) is 22.6. The van der Waals surface area contributed by atoms with E-state index in [1.807, 2.05) is 0 Å². The summed E-state index contributed by atoms with van der Waals surface area (Å²) in [5, 5.41) is 2.61. The monoisotopic (exact) mass is 487 g/mol. The molecule has 1 aromatic heterocycles. The van der Waals surface area contributed by atoms with E-state index in [9.17, 15) is 0 Å². The smallest absolute Gasteiger partial charge is 0.0538 e. The van der Waals surface area contributed by atoms with Gasteiger partial charge in [-0.3, -0.25) is 0 Å². The molecule has 1 atom stereocenters. The molecule has 1 aliphatic rings. The molecular weight excluding hydrogens is 458 g/mol. The van der Waals surface area contributed by atoms with E-state index in [0.29, 0.717) is 5.92 Å². The van der Waals surface area contributed by atoms with Gasteiger partial charge in [0.2, 0.25) is 0 Å². The molecule has 0 saturated heterocycles. The van der Waals surface area contributed by atoms with Crippen molar-refractivity contribution < 1.29 is 0 Å². The molecule has 0 aliphatic heterocycles. The van der Waals surface area contributed by atoms with Crippen LogP contribution in [0.1, 0.15) is 18.9 Å². The molecule has 1 heterocycles. The Kier molecular flexibility index (Phi) is 5.56. The first-order chi connectivity index (χ1) is 18.8. The van der Waals surface area contributed by atoms with Gasteiger partial charge in [-0.1, -0.05) is 122 Å². The summed E-state index contributed by atoms with van der Waals surface area (Å²) in [5.74, 6) is 0.428. The van der Waals surface area contributed by atoms with Gasteiger partial charge >= 0.3 is 0 Å². The topological polar surface area (TPSA) is 4.93 Å². The van der Waals surface area contributed by atoms with Crippen molar-refractivity contribution in [2.24, 2.45) is 5.92 Å². The molecule has 0 saturated carbocycles. The fraction of sp³-hybridized carbons (Fsp3) is 0.0811. The fourth-order valence-electron chi connectivity index (χ4n) is 5.97. The average Bonchev–Trinajstić information content (AvgIpc) is 3.32. The number of para-hydroxylation sites is 1. The summed E-state index contributed by atoms with van der Waals surface area (Å²) in [6, 6.07) is 46.0. The largest absolute Gasteiger partial charge is 0.313 e. The lowest BCUT2D eigenvalue weighted by Crippen LogP contribution is -2.08. The Balaban J connectivity index is 1.30. The van der Waals surface area contributed by atoms with Crippen LogP contribution in [0.15, 0.2) is 140 Å². The van der Waals surface area contributed by atoms with Gasteiger partial charge in [0.25, 0.3) is 0 Å². The summed E-state index contributed by atoms with van der Waals surface area (Å²) >= 11 is 0. The van der Waals surface area contributed by atoms with Crippen LogP contribution in [0.4, 0.5) is 0 Å². The summed E-state index contributed by atoms with van der Waals surface area (Å²) in [6.07, 6.45) is 5.66. The van der Waals surface area contributed by atoms with Gasteiger partial charge in [-0.15, -0.1) is 0 Å². The van der Waals surface area contributed by atoms with Gasteiger partial charge in [-0.05, 0) is 70.0 Å². The highest BCUT2D eigenvalue weighted by Gasteiger charge is 2.21. The van der Waals surface area contributed by atoms with Crippen LogP contribution in [-0.4, -0.2) is 4.57 Å². The molecule has 6 aromatic rings. The van der Waals surface area contributed by atoms with Crippen LogP contribution in [0.3, 0.4) is 0 Å². The maximum absolute atomic E-state index is 2.47. The molecule has 0 radical (unpaired) electrons. The SMILES string of the molecule is CC1CC(n2c3ccccc3c3cc(-c4ccccc4)ccc32)=CC=C1c1ccc(-c2ccccc2)cc1. The predicted molar refractivity (Wildman–Crippen MR) is 163 cm³/mol. The third-order valence-corrected chi connectivity index (χ3v) is 7.89. The van der Waals surface area contributed by atoms with Gasteiger partial charge in [-0.25, -0.2) is 0 Å². The minimum Gasteiger partial charge on any atom is -0.313 e. The molecule has 1 unspecified atom stereocenters. The van der Waals surface area contributed by atoms with Crippen molar-refractivity contribution in [3.63, 3.8) is 0 Å². The number of allylic oxidation sites excluding steroid dienone is 4. The Morgan fingerprint density at radius 2 is 1.05 bits per heavy atom. The third kappa shape index (κ3) is 3.88. The molecule has 0 bridgehead atoms. The quantitative estimate of drug-likeness (QED) is 0.233. The highest BCUT2D eigenvalue weighted by molar-refractivity contribution is 6.11. The number of fused-ring (bicyclic) bond motifs is 3. The Labute approximate surface area is 224 Å². The van der Waals surface area contributed by atoms with Crippen LogP contribution >= 0.6 is 0 Å². The minimum atomic E-state index is 0.428. The molecule has 0 N–H and O–H groups in total. The molecule has 7 rings (SSSR count). The normalized spacial score (nSPS) is 15.4. The number of aromatic nitrogens is 1. The minimum absolute atomic E-state index is 0.428. The second kappa shape index (κ2) is 9.36. The van der Waals surface area contributed by atoms with Crippen LogP contribution in [-0.2, 0) is 0 Å². The molecule has 5 aromatic carbocycles. The van der Waals surface area contributed by atoms with Crippen molar-refractivity contribution in [3.8, 4) is 22.3 Å². The fourth-order valence-corrected chi connectivity index (χ4v) is 5.97. The van der Waals surface area contributed by atoms with Crippen LogP contribution in [0.5, 0.6) is 0 Å². The maximum Gasteiger partial charge on any atom is 0.0538 e. The zero-order valence-corrected chi connectivity index (χ0v) is 21.5. The van der Waals surface area contributed by atoms with Crippen LogP contribution in [0.25, 0.3) is 55.3 Å². The number of nitrogens with zero attached hydrogens (tertiary/aromatic N) is 1. The zero-order chi connectivity index (χ0) is 25.5. The first-order valence-electron chi connectivity index (χ1n) is 13.4. The maximum atomic E-state index is 2.47. The van der Waals surface area contributed by atoms with E-state index in [0.717, 1.165) is 6.42 Å². The summed E-state index contributed by atoms with van der Waals surface area (Å²) < 4.78 is 2.47. The number of benzene rings is 5. The van der Waals surface area contributed by atoms with Crippen LogP contribution < -0.4 is 0 Å². The van der Waals surface area contributed by atoms with Gasteiger partial charge in [0, 0.05) is 16.5 Å². The van der Waals surface area contributed by atoms with E-state index >= 15 is 0 Å². The van der Waals surface area contributed by atoms with Gasteiger partial charge in [0.15, 0.2) is 0 Å². The third-order valence-electron chi connectivity index (χ3n) is 7.89. The Morgan fingerprint density at radius 1 is 0.500 bits per heavy atom. The lowest BCUT2D eigenvalue weighted by molar-refractivity contribution is 0.750. The van der Waals surface area contributed by atoms with E-state index in [4.69, 9.17) is 0 Å². The average molecular weight is 488 g/mol. The van der Waals surface area contributed by atoms with Gasteiger partial charge in [-0.2, -0.15) is 0 Å². The number of rotatable bonds is 4. The molecule has 0 fully saturated rings. The standard InChI is InChI=1S/C37H29N/c1-26-24-32(21-22-33(26)30-18-16-29(17-19-30)27-10-4-2-5-11-27)38-36-15-9-8-14-34(36)35-25-31(20-23-37(35)38)28-12-6-3-7-13-28/h2-23,25-26H,24H2,1H3. The second-order valence-electron chi connectivity index (χ2n) is 10.3. The first-order valence-corrected chi connectivity index (χ1v) is 13.4. The Bertz CT molecular complexity index is 1820. The van der Waals surface area contributed by atoms with Crippen molar-refractivity contribution in [1.29, 1.82) is 0 Å². The Morgan fingerprint density at radius 3 is 1.76 bits per heavy atom. The predicted octanol–water partition coefficient (Wildman–Crippen LogP) is 10.1. The highest BCUT2D eigenvalue weighted by atomic mass is 15.0. The van der Waals surface area contributed by atoms with Gasteiger partial charge in [0.05, 0.1) is 11.0 Å². The van der Waals surface area contributed by atoms with Crippen molar-refractivity contribution in [2.45, 2.75) is 13.3 Å². The van der Waals surface area contributed by atoms with Crippen molar-refractivity contribution >= 4 is 33.1 Å². The number of hydrogen-bond acceptors (Lipinski definition) is 0. The van der Waals surface area contributed by atoms with E-state index in [-0.39, 0.29) is 0 Å². The van der Waals surface area contributed by atoms with Crippen LogP contribution in [0.2, 0.25) is 0 Å². The van der Waals surface area contributed by atoms with E-state index in [2.05, 4.69) is 151 Å². The molecule has 0 spiro atoms. The zero-order valence-electron chi connectivity index (χ0n) is 21.5. The van der Waals surface area contributed by atoms with Crippen molar-refractivity contribution in [2.75, 3.05) is 0 Å². The van der Waals surface area contributed by atoms with E-state index in [1.54, 1.807) is 0 Å². The summed E-state index contributed by atoms with van der Waals surface area (Å²) in [5.41, 5.74) is 11.6. The highest BCUT2D eigenvalue weighted by Crippen LogP contribution is 2.40. The molecule has 1 aliphatic carbocycles. The summed E-state index contributed by atoms with van der Waals surface area (Å²) in [7, 11) is 0. The number of hydrogen-bond donors (Lipinski definition) is 0. The van der Waals surface area contributed by atoms with Gasteiger partial charge in [0.1, 0.15) is 0 Å². The second-order valence-corrected chi connectivity index (χ2v) is 10.3. The molecule has 1 nitrogen and oxygen atoms in total. The summed E-state index contributed by atoms with van der Waals surface area (Å²) in [6.45, 7) is 2.35. The molecule has 182 valence electrons. The summed E-state index contributed by atoms with van der Waals surface area (Å²) in [4.78, 5) is 0. The van der Waals surface area contributed by atoms with Crippen molar-refractivity contribution in [3.05, 3.63) is 145 Å². The van der Waals surface area contributed by atoms with E-state index in [1.165, 1.54) is 60.9 Å². The van der Waals surface area contributed by atoms with Crippen LogP contribution in [0, 0.1) is 5.92 Å².